The normalized spacial score (nSPS) is 16.3. The summed E-state index contributed by atoms with van der Waals surface area (Å²) in [5, 5.41) is 4.14. The number of anilines is 1. The molecule has 2 rings (SSSR count). The average molecular weight is 283 g/mol. The molecule has 1 aromatic carbocycles. The van der Waals surface area contributed by atoms with E-state index in [4.69, 9.17) is 29.6 Å². The first-order valence-corrected chi connectivity index (χ1v) is 7.18. The molecule has 1 saturated carbocycles. The Morgan fingerprint density at radius 1 is 1.50 bits per heavy atom. The van der Waals surface area contributed by atoms with Gasteiger partial charge in [0.15, 0.2) is 0 Å². The van der Waals surface area contributed by atoms with E-state index in [1.165, 1.54) is 25.7 Å². The molecular weight excluding hydrogens is 264 g/mol. The van der Waals surface area contributed by atoms with Gasteiger partial charge in [-0.2, -0.15) is 0 Å². The summed E-state index contributed by atoms with van der Waals surface area (Å²) in [7, 11) is 0. The van der Waals surface area contributed by atoms with Gasteiger partial charge in [-0.15, -0.1) is 0 Å². The van der Waals surface area contributed by atoms with Crippen molar-refractivity contribution in [3.63, 3.8) is 0 Å². The number of nitrogens with two attached hydrogens (primary N) is 1. The highest BCUT2D eigenvalue weighted by Gasteiger charge is 2.41. The van der Waals surface area contributed by atoms with Crippen LogP contribution in [0.2, 0.25) is 5.02 Å². The summed E-state index contributed by atoms with van der Waals surface area (Å²) < 4.78 is 0. The second-order valence-electron chi connectivity index (χ2n) is 5.16. The maximum Gasteiger partial charge on any atom is 0.104 e. The van der Waals surface area contributed by atoms with Crippen molar-refractivity contribution in [2.75, 3.05) is 11.9 Å². The fraction of sp³-hybridized carbons (Fsp3) is 0.500. The largest absolute Gasteiger partial charge is 0.389 e. The van der Waals surface area contributed by atoms with Gasteiger partial charge in [0.1, 0.15) is 4.99 Å². The van der Waals surface area contributed by atoms with Crippen molar-refractivity contribution in [3.05, 3.63) is 28.8 Å². The number of rotatable bonds is 6. The minimum atomic E-state index is 0.382. The van der Waals surface area contributed by atoms with Crippen molar-refractivity contribution in [1.82, 2.24) is 0 Å². The smallest absolute Gasteiger partial charge is 0.104 e. The van der Waals surface area contributed by atoms with E-state index in [0.717, 1.165) is 17.8 Å². The van der Waals surface area contributed by atoms with Crippen LogP contribution in [0.3, 0.4) is 0 Å². The third kappa shape index (κ3) is 3.15. The first kappa shape index (κ1) is 13.6. The molecule has 1 fully saturated rings. The third-order valence-electron chi connectivity index (χ3n) is 3.64. The summed E-state index contributed by atoms with van der Waals surface area (Å²) in [4.78, 5) is 0.382. The van der Waals surface area contributed by atoms with E-state index in [2.05, 4.69) is 12.2 Å². The Kier molecular flexibility index (Phi) is 4.13. The minimum Gasteiger partial charge on any atom is -0.389 e. The lowest BCUT2D eigenvalue weighted by molar-refractivity contribution is 0.486. The van der Waals surface area contributed by atoms with Crippen LogP contribution in [-0.2, 0) is 0 Å². The Morgan fingerprint density at radius 3 is 2.72 bits per heavy atom. The SMILES string of the molecule is CCCC1(CNc2ccc(C(N)=S)cc2Cl)CC1. The first-order chi connectivity index (χ1) is 8.56. The van der Waals surface area contributed by atoms with Gasteiger partial charge in [0.2, 0.25) is 0 Å². The van der Waals surface area contributed by atoms with Crippen LogP contribution in [0.5, 0.6) is 0 Å². The molecule has 2 nitrogen and oxygen atoms in total. The fourth-order valence-electron chi connectivity index (χ4n) is 2.32. The molecule has 0 radical (unpaired) electrons. The van der Waals surface area contributed by atoms with E-state index in [1.54, 1.807) is 0 Å². The van der Waals surface area contributed by atoms with Crippen molar-refractivity contribution in [3.8, 4) is 0 Å². The Balaban J connectivity index is 2.00. The Bertz CT molecular complexity index is 455. The molecule has 0 saturated heterocycles. The van der Waals surface area contributed by atoms with Crippen LogP contribution in [0.25, 0.3) is 0 Å². The van der Waals surface area contributed by atoms with Crippen molar-refractivity contribution in [2.45, 2.75) is 32.6 Å². The van der Waals surface area contributed by atoms with Gasteiger partial charge in [0, 0.05) is 12.1 Å². The highest BCUT2D eigenvalue weighted by Crippen LogP contribution is 2.49. The first-order valence-electron chi connectivity index (χ1n) is 6.39. The predicted molar refractivity (Wildman–Crippen MR) is 82.4 cm³/mol. The standard InChI is InChI=1S/C14H19ClN2S/c1-2-5-14(6-7-14)9-17-12-4-3-10(13(16)18)8-11(12)15/h3-4,8,17H,2,5-7,9H2,1H3,(H2,16,18). The molecule has 0 amide bonds. The summed E-state index contributed by atoms with van der Waals surface area (Å²) in [6.07, 6.45) is 5.20. The zero-order chi connectivity index (χ0) is 13.2. The molecule has 0 bridgehead atoms. The molecule has 0 heterocycles. The zero-order valence-electron chi connectivity index (χ0n) is 10.6. The molecule has 1 aliphatic rings. The molecular formula is C14H19ClN2S. The van der Waals surface area contributed by atoms with E-state index in [9.17, 15) is 0 Å². The van der Waals surface area contributed by atoms with Crippen molar-refractivity contribution >= 4 is 34.5 Å². The number of nitrogens with one attached hydrogen (secondary N) is 1. The van der Waals surface area contributed by atoms with Gasteiger partial charge in [0.25, 0.3) is 0 Å². The van der Waals surface area contributed by atoms with E-state index in [-0.39, 0.29) is 0 Å². The molecule has 3 N–H and O–H groups in total. The van der Waals surface area contributed by atoms with E-state index < -0.39 is 0 Å². The molecule has 4 heteroatoms. The van der Waals surface area contributed by atoms with Crippen molar-refractivity contribution in [2.24, 2.45) is 11.1 Å². The molecule has 1 aromatic rings. The van der Waals surface area contributed by atoms with Gasteiger partial charge < -0.3 is 11.1 Å². The van der Waals surface area contributed by atoms with Crippen LogP contribution < -0.4 is 11.1 Å². The van der Waals surface area contributed by atoms with Gasteiger partial charge in [-0.25, -0.2) is 0 Å². The summed E-state index contributed by atoms with van der Waals surface area (Å²) in [5.41, 5.74) is 7.88. The van der Waals surface area contributed by atoms with Crippen LogP contribution in [-0.4, -0.2) is 11.5 Å². The second kappa shape index (κ2) is 5.45. The number of benzene rings is 1. The van der Waals surface area contributed by atoms with Gasteiger partial charge in [-0.1, -0.05) is 37.2 Å². The highest BCUT2D eigenvalue weighted by molar-refractivity contribution is 7.80. The maximum absolute atomic E-state index is 6.22. The number of thiocarbonyl (C=S) groups is 1. The average Bonchev–Trinajstić information content (AvgIpc) is 3.08. The van der Waals surface area contributed by atoms with Crippen LogP contribution in [0.4, 0.5) is 5.69 Å². The molecule has 0 aromatic heterocycles. The van der Waals surface area contributed by atoms with Gasteiger partial charge in [-0.05, 0) is 42.9 Å². The van der Waals surface area contributed by atoms with Crippen LogP contribution in [0.15, 0.2) is 18.2 Å². The van der Waals surface area contributed by atoms with Crippen molar-refractivity contribution in [1.29, 1.82) is 0 Å². The fourth-order valence-corrected chi connectivity index (χ4v) is 2.69. The Labute approximate surface area is 119 Å². The molecule has 1 aliphatic carbocycles. The quantitative estimate of drug-likeness (QED) is 0.776. The molecule has 0 spiro atoms. The molecule has 0 unspecified atom stereocenters. The van der Waals surface area contributed by atoms with Crippen LogP contribution in [0.1, 0.15) is 38.2 Å². The summed E-state index contributed by atoms with van der Waals surface area (Å²) in [6.45, 7) is 3.25. The Hall–Kier alpha value is -0.800. The number of hydrogen-bond donors (Lipinski definition) is 2. The molecule has 0 atom stereocenters. The lowest BCUT2D eigenvalue weighted by Crippen LogP contribution is -2.16. The number of hydrogen-bond acceptors (Lipinski definition) is 2. The monoisotopic (exact) mass is 282 g/mol. The lowest BCUT2D eigenvalue weighted by atomic mass is 10.0. The van der Waals surface area contributed by atoms with Crippen LogP contribution in [0, 0.1) is 5.41 Å². The van der Waals surface area contributed by atoms with E-state index >= 15 is 0 Å². The van der Waals surface area contributed by atoms with Crippen molar-refractivity contribution < 1.29 is 0 Å². The topological polar surface area (TPSA) is 38.0 Å². The zero-order valence-corrected chi connectivity index (χ0v) is 12.2. The van der Waals surface area contributed by atoms with Crippen LogP contribution >= 0.6 is 23.8 Å². The van der Waals surface area contributed by atoms with E-state index in [1.807, 2.05) is 18.2 Å². The summed E-state index contributed by atoms with van der Waals surface area (Å²) >= 11 is 11.2. The summed E-state index contributed by atoms with van der Waals surface area (Å²) in [6, 6.07) is 5.69. The lowest BCUT2D eigenvalue weighted by Gasteiger charge is -2.17. The third-order valence-corrected chi connectivity index (χ3v) is 4.19. The van der Waals surface area contributed by atoms with E-state index in [0.29, 0.717) is 15.4 Å². The number of halogens is 1. The molecule has 18 heavy (non-hydrogen) atoms. The molecule has 98 valence electrons. The van der Waals surface area contributed by atoms with Gasteiger partial charge in [-0.3, -0.25) is 0 Å². The Morgan fingerprint density at radius 2 is 2.22 bits per heavy atom. The second-order valence-corrected chi connectivity index (χ2v) is 6.01. The minimum absolute atomic E-state index is 0.382. The predicted octanol–water partition coefficient (Wildman–Crippen LogP) is 3.97. The summed E-state index contributed by atoms with van der Waals surface area (Å²) in [5.74, 6) is 0. The highest BCUT2D eigenvalue weighted by atomic mass is 35.5. The maximum atomic E-state index is 6.22. The van der Waals surface area contributed by atoms with Gasteiger partial charge in [0.05, 0.1) is 10.7 Å². The molecule has 0 aliphatic heterocycles. The van der Waals surface area contributed by atoms with Gasteiger partial charge >= 0.3 is 0 Å².